The van der Waals surface area contributed by atoms with E-state index in [1.54, 1.807) is 45.2 Å². The highest BCUT2D eigenvalue weighted by Gasteiger charge is 2.25. The Bertz CT molecular complexity index is 1200. The van der Waals surface area contributed by atoms with Gasteiger partial charge in [-0.05, 0) is 58.6 Å². The van der Waals surface area contributed by atoms with Crippen LogP contribution in [0.15, 0.2) is 44.7 Å². The molecule has 0 saturated heterocycles. The number of aromatic amines is 1. The van der Waals surface area contributed by atoms with Crippen molar-refractivity contribution in [2.75, 3.05) is 0 Å². The zero-order chi connectivity index (χ0) is 21.3. The van der Waals surface area contributed by atoms with Gasteiger partial charge in [0.1, 0.15) is 16.0 Å². The molecule has 29 heavy (non-hydrogen) atoms. The van der Waals surface area contributed by atoms with Crippen LogP contribution in [0.1, 0.15) is 52.8 Å². The van der Waals surface area contributed by atoms with Crippen molar-refractivity contribution in [1.29, 1.82) is 0 Å². The van der Waals surface area contributed by atoms with Crippen molar-refractivity contribution in [3.63, 3.8) is 0 Å². The number of ketones is 1. The lowest BCUT2D eigenvalue weighted by Gasteiger charge is -2.17. The van der Waals surface area contributed by atoms with E-state index in [9.17, 15) is 14.4 Å². The topological polar surface area (TPSA) is 97.7 Å². The van der Waals surface area contributed by atoms with Gasteiger partial charge in [-0.15, -0.1) is 0 Å². The van der Waals surface area contributed by atoms with E-state index in [0.717, 1.165) is 5.56 Å². The van der Waals surface area contributed by atoms with E-state index < -0.39 is 17.0 Å². The van der Waals surface area contributed by atoms with E-state index >= 15 is 0 Å². The molecule has 0 atom stereocenters. The molecule has 0 unspecified atom stereocenters. The van der Waals surface area contributed by atoms with Gasteiger partial charge in [-0.3, -0.25) is 19.1 Å². The van der Waals surface area contributed by atoms with Crippen LogP contribution in [-0.2, 0) is 6.54 Å². The zero-order valence-corrected chi connectivity index (χ0v) is 18.3. The first-order valence-electron chi connectivity index (χ1n) is 8.83. The van der Waals surface area contributed by atoms with Gasteiger partial charge >= 0.3 is 5.69 Å². The van der Waals surface area contributed by atoms with Gasteiger partial charge in [-0.25, -0.2) is 14.8 Å². The second-order valence-corrected chi connectivity index (χ2v) is 8.14. The molecular weight excluding hydrogens is 460 g/mol. The van der Waals surface area contributed by atoms with Gasteiger partial charge in [-0.2, -0.15) is 0 Å². The summed E-state index contributed by atoms with van der Waals surface area (Å²) in [6, 6.07) is 6.52. The number of hydrogen-bond donors (Lipinski definition) is 1. The van der Waals surface area contributed by atoms with Crippen molar-refractivity contribution in [1.82, 2.24) is 19.5 Å². The van der Waals surface area contributed by atoms with Crippen LogP contribution in [0.5, 0.6) is 0 Å². The summed E-state index contributed by atoms with van der Waals surface area (Å²) in [5.74, 6) is -0.829. The maximum absolute atomic E-state index is 13.4. The molecule has 0 fully saturated rings. The van der Waals surface area contributed by atoms with E-state index in [-0.39, 0.29) is 29.4 Å². The number of aryl methyl sites for hydroxylation is 1. The zero-order valence-electron chi connectivity index (χ0n) is 16.0. The summed E-state index contributed by atoms with van der Waals surface area (Å²) < 4.78 is 1.86. The highest BCUT2D eigenvalue weighted by Crippen LogP contribution is 2.21. The second-order valence-electron chi connectivity index (χ2n) is 6.89. The molecule has 3 aromatic rings. The van der Waals surface area contributed by atoms with Crippen molar-refractivity contribution < 1.29 is 4.79 Å². The largest absolute Gasteiger partial charge is 0.329 e. The van der Waals surface area contributed by atoms with Crippen LogP contribution < -0.4 is 11.2 Å². The fourth-order valence-corrected chi connectivity index (χ4v) is 3.78. The second kappa shape index (κ2) is 8.42. The lowest BCUT2D eigenvalue weighted by Crippen LogP contribution is -2.38. The molecule has 1 N–H and O–H groups in total. The maximum atomic E-state index is 13.4. The van der Waals surface area contributed by atoms with Crippen LogP contribution in [0, 0.1) is 6.92 Å². The van der Waals surface area contributed by atoms with Crippen molar-refractivity contribution in [3.05, 3.63) is 89.1 Å². The highest BCUT2D eigenvalue weighted by molar-refractivity contribution is 9.10. The van der Waals surface area contributed by atoms with E-state index in [2.05, 4.69) is 30.9 Å². The molecule has 9 heteroatoms. The van der Waals surface area contributed by atoms with Crippen LogP contribution in [0.2, 0.25) is 5.02 Å². The standard InChI is InChI=1S/C20H18BrClN4O3/c1-10(2)16-17(18(27)14-8-13(22)6-11(3)24-14)26(20(29)25-19(16)28)9-12-4-5-23-15(21)7-12/h4-8,10H,9H2,1-3H3,(H,25,28,29). The Labute approximate surface area is 179 Å². The summed E-state index contributed by atoms with van der Waals surface area (Å²) in [6.45, 7) is 5.37. The molecule has 0 saturated carbocycles. The Hall–Kier alpha value is -2.58. The molecule has 0 radical (unpaired) electrons. The number of carbonyl (C=O) groups excluding carboxylic acids is 1. The SMILES string of the molecule is Cc1cc(Cl)cc(C(=O)c2c(C(C)C)c(=O)[nH]c(=O)n2Cc2ccnc(Br)c2)n1. The third-order valence-corrected chi connectivity index (χ3v) is 4.96. The quantitative estimate of drug-likeness (QED) is 0.448. The maximum Gasteiger partial charge on any atom is 0.329 e. The molecule has 0 aliphatic carbocycles. The first-order chi connectivity index (χ1) is 13.7. The van der Waals surface area contributed by atoms with Crippen LogP contribution in [0.3, 0.4) is 0 Å². The van der Waals surface area contributed by atoms with Crippen molar-refractivity contribution in [3.8, 4) is 0 Å². The number of carbonyl (C=O) groups is 1. The van der Waals surface area contributed by atoms with Gasteiger partial charge in [0.25, 0.3) is 5.56 Å². The summed E-state index contributed by atoms with van der Waals surface area (Å²) >= 11 is 9.39. The number of H-pyrrole nitrogens is 1. The van der Waals surface area contributed by atoms with Crippen LogP contribution in [0.4, 0.5) is 0 Å². The van der Waals surface area contributed by atoms with E-state index in [0.29, 0.717) is 15.3 Å². The smallest absolute Gasteiger partial charge is 0.285 e. The molecular formula is C20H18BrClN4O3. The molecule has 0 aliphatic heterocycles. The van der Waals surface area contributed by atoms with E-state index in [1.165, 1.54) is 10.6 Å². The number of nitrogens with one attached hydrogen (secondary N) is 1. The van der Waals surface area contributed by atoms with Gasteiger partial charge in [0.05, 0.1) is 6.54 Å². The minimum absolute atomic E-state index is 0.0100. The monoisotopic (exact) mass is 476 g/mol. The average Bonchev–Trinajstić information content (AvgIpc) is 2.62. The number of aromatic nitrogens is 4. The summed E-state index contributed by atoms with van der Waals surface area (Å²) in [7, 11) is 0. The Morgan fingerprint density at radius 3 is 2.62 bits per heavy atom. The van der Waals surface area contributed by atoms with Crippen LogP contribution in [0.25, 0.3) is 0 Å². The Morgan fingerprint density at radius 2 is 2.00 bits per heavy atom. The predicted octanol–water partition coefficient (Wildman–Crippen LogP) is 3.45. The number of pyridine rings is 2. The van der Waals surface area contributed by atoms with Gasteiger partial charge in [-0.1, -0.05) is 25.4 Å². The van der Waals surface area contributed by atoms with Crippen molar-refractivity contribution in [2.24, 2.45) is 0 Å². The molecule has 0 bridgehead atoms. The lowest BCUT2D eigenvalue weighted by atomic mass is 9.98. The lowest BCUT2D eigenvalue weighted by molar-refractivity contribution is 0.102. The van der Waals surface area contributed by atoms with Crippen molar-refractivity contribution >= 4 is 33.3 Å². The molecule has 7 nitrogen and oxygen atoms in total. The first-order valence-corrected chi connectivity index (χ1v) is 10.0. The summed E-state index contributed by atoms with van der Waals surface area (Å²) in [6.07, 6.45) is 1.59. The third-order valence-electron chi connectivity index (χ3n) is 4.31. The highest BCUT2D eigenvalue weighted by atomic mass is 79.9. The molecule has 0 spiro atoms. The van der Waals surface area contributed by atoms with Crippen molar-refractivity contribution in [2.45, 2.75) is 33.2 Å². The summed E-state index contributed by atoms with van der Waals surface area (Å²) in [4.78, 5) is 49.3. The molecule has 3 rings (SSSR count). The minimum atomic E-state index is -0.672. The van der Waals surface area contributed by atoms with E-state index in [1.807, 2.05) is 0 Å². The Balaban J connectivity index is 2.28. The molecule has 150 valence electrons. The number of hydrogen-bond acceptors (Lipinski definition) is 5. The fraction of sp³-hybridized carbons (Fsp3) is 0.250. The van der Waals surface area contributed by atoms with Crippen LogP contribution >= 0.6 is 27.5 Å². The van der Waals surface area contributed by atoms with Gasteiger partial charge in [0.2, 0.25) is 5.78 Å². The molecule has 0 amide bonds. The summed E-state index contributed by atoms with van der Waals surface area (Å²) in [5.41, 5.74) is 0.349. The van der Waals surface area contributed by atoms with Gasteiger partial charge in [0.15, 0.2) is 0 Å². The predicted molar refractivity (Wildman–Crippen MR) is 114 cm³/mol. The number of nitrogens with zero attached hydrogens (tertiary/aromatic N) is 3. The number of halogens is 2. The van der Waals surface area contributed by atoms with Gasteiger partial charge < -0.3 is 0 Å². The molecule has 3 aromatic heterocycles. The van der Waals surface area contributed by atoms with Gasteiger partial charge in [0, 0.05) is 22.5 Å². The van der Waals surface area contributed by atoms with Crippen LogP contribution in [-0.4, -0.2) is 25.3 Å². The molecule has 3 heterocycles. The molecule has 0 aromatic carbocycles. The minimum Gasteiger partial charge on any atom is -0.285 e. The fourth-order valence-electron chi connectivity index (χ4n) is 3.11. The van der Waals surface area contributed by atoms with E-state index in [4.69, 9.17) is 11.6 Å². The first kappa shape index (κ1) is 21.1. The Morgan fingerprint density at radius 1 is 1.28 bits per heavy atom. The number of rotatable bonds is 5. The molecule has 0 aliphatic rings. The Kier molecular flexibility index (Phi) is 6.14. The normalized spacial score (nSPS) is 11.1. The summed E-state index contributed by atoms with van der Waals surface area (Å²) in [5, 5.41) is 0.351. The third kappa shape index (κ3) is 4.54. The average molecular weight is 478 g/mol.